The predicted octanol–water partition coefficient (Wildman–Crippen LogP) is 1.03. The van der Waals surface area contributed by atoms with Gasteiger partial charge in [0.2, 0.25) is 0 Å². The van der Waals surface area contributed by atoms with Crippen LogP contribution in [0.4, 0.5) is 0 Å². The first-order chi connectivity index (χ1) is 7.24. The lowest BCUT2D eigenvalue weighted by atomic mass is 10.0. The lowest BCUT2D eigenvalue weighted by Crippen LogP contribution is -2.45. The highest BCUT2D eigenvalue weighted by molar-refractivity contribution is 4.76. The molecule has 0 aliphatic carbocycles. The number of methoxy groups -OCH3 is 1. The van der Waals surface area contributed by atoms with E-state index in [1.165, 1.54) is 25.9 Å². The molecule has 0 aromatic rings. The van der Waals surface area contributed by atoms with E-state index in [1.54, 1.807) is 7.11 Å². The number of nitrogens with zero attached hydrogens (tertiary/aromatic N) is 1. The monoisotopic (exact) mass is 216 g/mol. The van der Waals surface area contributed by atoms with Crippen LogP contribution < -0.4 is 5.48 Å². The van der Waals surface area contributed by atoms with Crippen molar-refractivity contribution in [2.75, 3.05) is 33.4 Å². The lowest BCUT2D eigenvalue weighted by molar-refractivity contribution is -0.0251. The Morgan fingerprint density at radius 2 is 1.93 bits per heavy atom. The van der Waals surface area contributed by atoms with Gasteiger partial charge in [0.25, 0.3) is 0 Å². The molecule has 1 heterocycles. The molecule has 90 valence electrons. The van der Waals surface area contributed by atoms with Crippen molar-refractivity contribution in [3.8, 4) is 0 Å². The third-order valence-electron chi connectivity index (χ3n) is 2.90. The molecule has 0 unspecified atom stereocenters. The number of hydroxylamine groups is 1. The third-order valence-corrected chi connectivity index (χ3v) is 2.90. The van der Waals surface area contributed by atoms with Gasteiger partial charge in [-0.25, -0.2) is 0 Å². The second-order valence-corrected chi connectivity index (χ2v) is 4.36. The van der Waals surface area contributed by atoms with Crippen molar-refractivity contribution < 1.29 is 9.57 Å². The molecule has 1 N–H and O–H groups in total. The van der Waals surface area contributed by atoms with Crippen LogP contribution in [0.2, 0.25) is 0 Å². The van der Waals surface area contributed by atoms with Crippen molar-refractivity contribution in [2.45, 2.75) is 38.8 Å². The van der Waals surface area contributed by atoms with Crippen LogP contribution in [0.5, 0.6) is 0 Å². The van der Waals surface area contributed by atoms with Gasteiger partial charge >= 0.3 is 0 Å². The fourth-order valence-electron chi connectivity index (χ4n) is 1.84. The zero-order valence-electron chi connectivity index (χ0n) is 10.2. The van der Waals surface area contributed by atoms with Gasteiger partial charge in [0.05, 0.1) is 13.2 Å². The molecule has 0 saturated carbocycles. The highest BCUT2D eigenvalue weighted by atomic mass is 16.7. The van der Waals surface area contributed by atoms with Gasteiger partial charge < -0.3 is 9.64 Å². The van der Waals surface area contributed by atoms with E-state index in [2.05, 4.69) is 24.2 Å². The van der Waals surface area contributed by atoms with Crippen LogP contribution in [0, 0.1) is 0 Å². The normalized spacial score (nSPS) is 20.0. The summed E-state index contributed by atoms with van der Waals surface area (Å²) < 4.78 is 4.91. The first-order valence-corrected chi connectivity index (χ1v) is 5.84. The van der Waals surface area contributed by atoms with Crippen LogP contribution in [0.3, 0.4) is 0 Å². The zero-order chi connectivity index (χ0) is 11.1. The summed E-state index contributed by atoms with van der Waals surface area (Å²) >= 11 is 0. The molecule has 15 heavy (non-hydrogen) atoms. The minimum absolute atomic E-state index is 0.511. The number of ether oxygens (including phenoxy) is 1. The molecule has 1 fully saturated rings. The van der Waals surface area contributed by atoms with Crippen molar-refractivity contribution in [2.24, 2.45) is 0 Å². The quantitative estimate of drug-likeness (QED) is 0.531. The number of rotatable bonds is 6. The van der Waals surface area contributed by atoms with Gasteiger partial charge in [0, 0.05) is 19.2 Å². The molecule has 0 aromatic heterocycles. The van der Waals surface area contributed by atoms with Crippen molar-refractivity contribution in [3.05, 3.63) is 0 Å². The predicted molar refractivity (Wildman–Crippen MR) is 60.7 cm³/mol. The number of hydrogen-bond acceptors (Lipinski definition) is 4. The van der Waals surface area contributed by atoms with Crippen LogP contribution >= 0.6 is 0 Å². The van der Waals surface area contributed by atoms with E-state index in [4.69, 9.17) is 9.57 Å². The first-order valence-electron chi connectivity index (χ1n) is 5.84. The molecule has 0 spiro atoms. The molecule has 0 atom stereocenters. The summed E-state index contributed by atoms with van der Waals surface area (Å²) in [6.07, 6.45) is 2.34. The minimum Gasteiger partial charge on any atom is -0.382 e. The molecule has 4 heteroatoms. The van der Waals surface area contributed by atoms with Gasteiger partial charge in [-0.2, -0.15) is 5.48 Å². The second kappa shape index (κ2) is 7.17. The van der Waals surface area contributed by atoms with E-state index in [9.17, 15) is 0 Å². The summed E-state index contributed by atoms with van der Waals surface area (Å²) in [5.74, 6) is 0. The van der Waals surface area contributed by atoms with Gasteiger partial charge in [-0.3, -0.25) is 4.84 Å². The summed E-state index contributed by atoms with van der Waals surface area (Å²) in [6.45, 7) is 8.12. The van der Waals surface area contributed by atoms with E-state index < -0.39 is 0 Å². The Morgan fingerprint density at radius 3 is 2.47 bits per heavy atom. The lowest BCUT2D eigenvalue weighted by Gasteiger charge is -2.34. The molecule has 0 bridgehead atoms. The highest BCUT2D eigenvalue weighted by Gasteiger charge is 2.20. The third kappa shape index (κ3) is 4.93. The molecule has 1 saturated heterocycles. The highest BCUT2D eigenvalue weighted by Crippen LogP contribution is 2.12. The van der Waals surface area contributed by atoms with Crippen LogP contribution in [-0.4, -0.2) is 50.4 Å². The van der Waals surface area contributed by atoms with Crippen molar-refractivity contribution in [1.29, 1.82) is 0 Å². The minimum atomic E-state index is 0.511. The van der Waals surface area contributed by atoms with Gasteiger partial charge in [0.1, 0.15) is 0 Å². The van der Waals surface area contributed by atoms with Crippen LogP contribution in [0.1, 0.15) is 26.7 Å². The summed E-state index contributed by atoms with van der Waals surface area (Å²) in [5, 5.41) is 0. The fraction of sp³-hybridized carbons (Fsp3) is 1.00. The molecule has 0 radical (unpaired) electrons. The van der Waals surface area contributed by atoms with Gasteiger partial charge in [-0.1, -0.05) is 0 Å². The maximum atomic E-state index is 5.32. The summed E-state index contributed by atoms with van der Waals surface area (Å²) in [7, 11) is 1.69. The standard InChI is InChI=1S/C11H24N2O2/c1-10(2)13-6-4-11(5-7-13)12-15-9-8-14-3/h10-12H,4-9H2,1-3H3. The van der Waals surface area contributed by atoms with E-state index >= 15 is 0 Å². The van der Waals surface area contributed by atoms with Crippen molar-refractivity contribution in [3.63, 3.8) is 0 Å². The maximum absolute atomic E-state index is 5.32. The molecular weight excluding hydrogens is 192 g/mol. The fourth-order valence-corrected chi connectivity index (χ4v) is 1.84. The van der Waals surface area contributed by atoms with Gasteiger partial charge in [0.15, 0.2) is 0 Å². The number of likely N-dealkylation sites (tertiary alicyclic amines) is 1. The van der Waals surface area contributed by atoms with Gasteiger partial charge in [-0.15, -0.1) is 0 Å². The van der Waals surface area contributed by atoms with Gasteiger partial charge in [-0.05, 0) is 39.8 Å². The maximum Gasteiger partial charge on any atom is 0.0915 e. The Labute approximate surface area is 92.9 Å². The summed E-state index contributed by atoms with van der Waals surface area (Å²) in [5.41, 5.74) is 3.11. The topological polar surface area (TPSA) is 33.7 Å². The molecular formula is C11H24N2O2. The average molecular weight is 216 g/mol. The number of hydrogen-bond donors (Lipinski definition) is 1. The average Bonchev–Trinajstić information content (AvgIpc) is 2.25. The molecule has 4 nitrogen and oxygen atoms in total. The van der Waals surface area contributed by atoms with E-state index in [-0.39, 0.29) is 0 Å². The van der Waals surface area contributed by atoms with E-state index in [0.29, 0.717) is 25.3 Å². The number of nitrogens with one attached hydrogen (secondary N) is 1. The van der Waals surface area contributed by atoms with E-state index in [1.807, 2.05) is 0 Å². The second-order valence-electron chi connectivity index (χ2n) is 4.36. The SMILES string of the molecule is COCCONC1CCN(C(C)C)CC1. The van der Waals surface area contributed by atoms with E-state index in [0.717, 1.165) is 0 Å². The molecule has 1 aliphatic heterocycles. The Morgan fingerprint density at radius 1 is 1.27 bits per heavy atom. The zero-order valence-corrected chi connectivity index (χ0v) is 10.2. The Hall–Kier alpha value is -0.160. The van der Waals surface area contributed by atoms with Crippen molar-refractivity contribution in [1.82, 2.24) is 10.4 Å². The van der Waals surface area contributed by atoms with Crippen LogP contribution in [0.25, 0.3) is 0 Å². The summed E-state index contributed by atoms with van der Waals surface area (Å²) in [4.78, 5) is 7.82. The molecule has 0 amide bonds. The largest absolute Gasteiger partial charge is 0.382 e. The first kappa shape index (κ1) is 12.9. The Bertz CT molecular complexity index is 157. The summed E-state index contributed by atoms with van der Waals surface area (Å²) in [6, 6.07) is 1.18. The molecule has 0 aromatic carbocycles. The number of piperidine rings is 1. The Kier molecular flexibility index (Phi) is 6.17. The van der Waals surface area contributed by atoms with Crippen molar-refractivity contribution >= 4 is 0 Å². The smallest absolute Gasteiger partial charge is 0.0915 e. The van der Waals surface area contributed by atoms with Crippen LogP contribution in [-0.2, 0) is 9.57 Å². The van der Waals surface area contributed by atoms with Crippen LogP contribution in [0.15, 0.2) is 0 Å². The molecule has 1 rings (SSSR count). The molecule has 1 aliphatic rings. The Balaban J connectivity index is 2.04.